The number of nitriles is 2. The number of aryl methyl sites for hydroxylation is 2. The first-order valence-electron chi connectivity index (χ1n) is 8.77. The van der Waals surface area contributed by atoms with E-state index in [0.717, 1.165) is 27.7 Å². The number of H-pyrrole nitrogens is 1. The Morgan fingerprint density at radius 3 is 2.64 bits per heavy atom. The summed E-state index contributed by atoms with van der Waals surface area (Å²) in [5.41, 5.74) is 5.66. The molecule has 134 valence electrons. The maximum atomic E-state index is 9.62. The Kier molecular flexibility index (Phi) is 4.27. The van der Waals surface area contributed by atoms with Crippen molar-refractivity contribution < 1.29 is 4.42 Å². The number of aromatic amines is 1. The summed E-state index contributed by atoms with van der Waals surface area (Å²) in [5, 5.41) is 18.9. The number of hydrogen-bond acceptors (Lipinski definition) is 4. The van der Waals surface area contributed by atoms with Gasteiger partial charge in [-0.2, -0.15) is 10.5 Å². The lowest BCUT2D eigenvalue weighted by Gasteiger charge is -1.99. The summed E-state index contributed by atoms with van der Waals surface area (Å²) >= 11 is 0. The average molecular weight is 364 g/mol. The van der Waals surface area contributed by atoms with Crippen LogP contribution < -0.4 is 0 Å². The van der Waals surface area contributed by atoms with E-state index in [1.54, 1.807) is 24.3 Å². The van der Waals surface area contributed by atoms with E-state index in [9.17, 15) is 10.5 Å². The Morgan fingerprint density at radius 1 is 1.07 bits per heavy atom. The molecule has 0 saturated carbocycles. The topological polar surface area (TPSA) is 89.4 Å². The summed E-state index contributed by atoms with van der Waals surface area (Å²) in [6, 6.07) is 19.2. The first kappa shape index (κ1) is 17.3. The van der Waals surface area contributed by atoms with Crippen LogP contribution in [0.5, 0.6) is 0 Å². The van der Waals surface area contributed by atoms with E-state index in [4.69, 9.17) is 4.42 Å². The second kappa shape index (κ2) is 6.90. The SMILES string of the molecule is Cc1cc2nc(/C(C#N)=C/c3ccc(-c4ccccc4C#N)o3)[nH]c2cc1C. The fourth-order valence-corrected chi connectivity index (χ4v) is 3.06. The van der Waals surface area contributed by atoms with Gasteiger partial charge < -0.3 is 9.40 Å². The Bertz CT molecular complexity index is 1270. The molecule has 0 amide bonds. The largest absolute Gasteiger partial charge is 0.457 e. The Balaban J connectivity index is 1.73. The minimum absolute atomic E-state index is 0.376. The highest BCUT2D eigenvalue weighted by molar-refractivity contribution is 5.90. The molecule has 0 saturated heterocycles. The van der Waals surface area contributed by atoms with Crippen molar-refractivity contribution in [3.05, 3.63) is 76.8 Å². The third-order valence-electron chi connectivity index (χ3n) is 4.70. The number of nitrogens with zero attached hydrogens (tertiary/aromatic N) is 3. The highest BCUT2D eigenvalue weighted by Gasteiger charge is 2.12. The second-order valence-electron chi connectivity index (χ2n) is 6.57. The van der Waals surface area contributed by atoms with E-state index in [2.05, 4.69) is 22.1 Å². The van der Waals surface area contributed by atoms with Crippen LogP contribution in [-0.2, 0) is 0 Å². The minimum atomic E-state index is 0.376. The number of furan rings is 1. The molecule has 0 aliphatic carbocycles. The molecule has 28 heavy (non-hydrogen) atoms. The van der Waals surface area contributed by atoms with Crippen molar-refractivity contribution in [3.8, 4) is 23.5 Å². The van der Waals surface area contributed by atoms with Gasteiger partial charge >= 0.3 is 0 Å². The van der Waals surface area contributed by atoms with Crippen LogP contribution in [0, 0.1) is 36.5 Å². The lowest BCUT2D eigenvalue weighted by Crippen LogP contribution is -1.84. The third-order valence-corrected chi connectivity index (χ3v) is 4.70. The Labute approximate surface area is 162 Å². The fraction of sp³-hybridized carbons (Fsp3) is 0.0870. The van der Waals surface area contributed by atoms with Gasteiger partial charge in [0.05, 0.1) is 28.2 Å². The lowest BCUT2D eigenvalue weighted by atomic mass is 10.1. The van der Waals surface area contributed by atoms with Crippen molar-refractivity contribution >= 4 is 22.7 Å². The van der Waals surface area contributed by atoms with E-state index >= 15 is 0 Å². The van der Waals surface area contributed by atoms with Crippen LogP contribution >= 0.6 is 0 Å². The number of hydrogen-bond donors (Lipinski definition) is 1. The maximum Gasteiger partial charge on any atom is 0.149 e. The molecule has 5 nitrogen and oxygen atoms in total. The first-order chi connectivity index (χ1) is 13.6. The molecular weight excluding hydrogens is 348 g/mol. The van der Waals surface area contributed by atoms with Crippen LogP contribution in [0.4, 0.5) is 0 Å². The monoisotopic (exact) mass is 364 g/mol. The van der Waals surface area contributed by atoms with Crippen molar-refractivity contribution in [2.45, 2.75) is 13.8 Å². The number of rotatable bonds is 3. The molecule has 0 unspecified atom stereocenters. The van der Waals surface area contributed by atoms with Gasteiger partial charge in [0.1, 0.15) is 23.4 Å². The van der Waals surface area contributed by atoms with Crippen molar-refractivity contribution in [2.24, 2.45) is 0 Å². The molecule has 0 fully saturated rings. The molecule has 4 rings (SSSR count). The molecule has 0 aliphatic heterocycles. The van der Waals surface area contributed by atoms with Crippen LogP contribution in [0.3, 0.4) is 0 Å². The number of fused-ring (bicyclic) bond motifs is 1. The predicted molar refractivity (Wildman–Crippen MR) is 108 cm³/mol. The van der Waals surface area contributed by atoms with Crippen molar-refractivity contribution in [2.75, 3.05) is 0 Å². The molecule has 2 aromatic carbocycles. The molecule has 0 aliphatic rings. The molecule has 1 N–H and O–H groups in total. The molecule has 0 atom stereocenters. The second-order valence-corrected chi connectivity index (χ2v) is 6.57. The zero-order valence-electron chi connectivity index (χ0n) is 15.4. The van der Waals surface area contributed by atoms with E-state index < -0.39 is 0 Å². The number of nitrogens with one attached hydrogen (secondary N) is 1. The summed E-state index contributed by atoms with van der Waals surface area (Å²) in [6.45, 7) is 4.08. The number of allylic oxidation sites excluding steroid dienone is 1. The highest BCUT2D eigenvalue weighted by Crippen LogP contribution is 2.28. The quantitative estimate of drug-likeness (QED) is 0.494. The Morgan fingerprint density at radius 2 is 1.86 bits per heavy atom. The van der Waals surface area contributed by atoms with Crippen LogP contribution in [0.25, 0.3) is 34.0 Å². The molecule has 0 spiro atoms. The summed E-state index contributed by atoms with van der Waals surface area (Å²) in [5.74, 6) is 1.60. The smallest absolute Gasteiger partial charge is 0.149 e. The van der Waals surface area contributed by atoms with Gasteiger partial charge in [-0.25, -0.2) is 4.98 Å². The summed E-state index contributed by atoms with van der Waals surface area (Å²) in [6.07, 6.45) is 1.65. The molecule has 2 heterocycles. The van der Waals surface area contributed by atoms with E-state index in [-0.39, 0.29) is 0 Å². The van der Waals surface area contributed by atoms with Crippen LogP contribution in [0.1, 0.15) is 28.3 Å². The summed E-state index contributed by atoms with van der Waals surface area (Å²) in [4.78, 5) is 7.75. The third kappa shape index (κ3) is 3.06. The molecular formula is C23H16N4O. The van der Waals surface area contributed by atoms with Crippen LogP contribution in [0.2, 0.25) is 0 Å². The van der Waals surface area contributed by atoms with E-state index in [0.29, 0.717) is 28.5 Å². The van der Waals surface area contributed by atoms with Gasteiger partial charge in [-0.1, -0.05) is 12.1 Å². The minimum Gasteiger partial charge on any atom is -0.457 e. The standard InChI is InChI=1S/C23H16N4O/c1-14-9-20-21(10-15(14)2)27-23(26-20)17(13-25)11-18-7-8-22(28-18)19-6-4-3-5-16(19)12-24/h3-11H,1-2H3,(H,26,27)/b17-11+. The van der Waals surface area contributed by atoms with Crippen molar-refractivity contribution in [3.63, 3.8) is 0 Å². The van der Waals surface area contributed by atoms with Crippen LogP contribution in [-0.4, -0.2) is 9.97 Å². The van der Waals surface area contributed by atoms with Gasteiger partial charge in [-0.05, 0) is 61.4 Å². The molecule has 2 aromatic heterocycles. The number of benzene rings is 2. The van der Waals surface area contributed by atoms with Crippen molar-refractivity contribution in [1.82, 2.24) is 9.97 Å². The Hall–Kier alpha value is -4.09. The first-order valence-corrected chi connectivity index (χ1v) is 8.77. The normalized spacial score (nSPS) is 11.4. The van der Waals surface area contributed by atoms with E-state index in [1.807, 2.05) is 44.2 Å². The number of imidazole rings is 1. The van der Waals surface area contributed by atoms with Gasteiger partial charge in [0.25, 0.3) is 0 Å². The highest BCUT2D eigenvalue weighted by atomic mass is 16.3. The molecule has 5 heteroatoms. The van der Waals surface area contributed by atoms with Gasteiger partial charge in [-0.15, -0.1) is 0 Å². The maximum absolute atomic E-state index is 9.62. The fourth-order valence-electron chi connectivity index (χ4n) is 3.06. The van der Waals surface area contributed by atoms with Gasteiger partial charge in [0.2, 0.25) is 0 Å². The zero-order valence-corrected chi connectivity index (χ0v) is 15.4. The van der Waals surface area contributed by atoms with Crippen molar-refractivity contribution in [1.29, 1.82) is 10.5 Å². The zero-order chi connectivity index (χ0) is 19.7. The predicted octanol–water partition coefficient (Wildman–Crippen LogP) is 5.38. The summed E-state index contributed by atoms with van der Waals surface area (Å²) < 4.78 is 5.86. The molecule has 0 radical (unpaired) electrons. The van der Waals surface area contributed by atoms with Gasteiger partial charge in [0, 0.05) is 11.6 Å². The van der Waals surface area contributed by atoms with E-state index in [1.165, 1.54) is 0 Å². The lowest BCUT2D eigenvalue weighted by molar-refractivity contribution is 0.572. The molecule has 4 aromatic rings. The average Bonchev–Trinajstić information content (AvgIpc) is 3.33. The van der Waals surface area contributed by atoms with Gasteiger partial charge in [-0.3, -0.25) is 0 Å². The summed E-state index contributed by atoms with van der Waals surface area (Å²) in [7, 11) is 0. The van der Waals surface area contributed by atoms with Crippen LogP contribution in [0.15, 0.2) is 52.9 Å². The number of aromatic nitrogens is 2. The molecule has 0 bridgehead atoms. The van der Waals surface area contributed by atoms with Gasteiger partial charge in [0.15, 0.2) is 0 Å².